The van der Waals surface area contributed by atoms with Gasteiger partial charge in [0.15, 0.2) is 0 Å². The van der Waals surface area contributed by atoms with Crippen LogP contribution >= 0.6 is 12.2 Å². The van der Waals surface area contributed by atoms with Gasteiger partial charge in [0.05, 0.1) is 10.7 Å². The van der Waals surface area contributed by atoms with E-state index in [1.807, 2.05) is 6.92 Å². The number of nitrogens with two attached hydrogens (primary N) is 1. The summed E-state index contributed by atoms with van der Waals surface area (Å²) in [6, 6.07) is 0. The van der Waals surface area contributed by atoms with Crippen LogP contribution in [0.5, 0.6) is 0 Å². The topological polar surface area (TPSA) is 63.4 Å². The lowest BCUT2D eigenvalue weighted by Gasteiger charge is -2.30. The van der Waals surface area contributed by atoms with Crippen molar-refractivity contribution < 1.29 is 8.42 Å². The van der Waals surface area contributed by atoms with Crippen molar-refractivity contribution in [2.75, 3.05) is 18.8 Å². The molecule has 0 bridgehead atoms. The maximum Gasteiger partial charge on any atom is 0.214 e. The molecule has 16 heavy (non-hydrogen) atoms. The molecule has 0 atom stereocenters. The molecular formula is C10H20N2O2S2. The minimum atomic E-state index is -3.05. The number of hydrogen-bond donors (Lipinski definition) is 1. The number of sulfonamides is 1. The standard InChI is InChI=1S/C10H20N2O2S2/c1-2-3-8-16(13,14)12-6-4-9(5-7-12)10(11)15/h9H,2-8H2,1H3,(H2,11,15). The summed E-state index contributed by atoms with van der Waals surface area (Å²) in [4.78, 5) is 0.519. The predicted octanol–water partition coefficient (Wildman–Crippen LogP) is 1.11. The van der Waals surface area contributed by atoms with Crippen LogP contribution < -0.4 is 5.73 Å². The molecule has 1 aliphatic heterocycles. The Bertz CT molecular complexity index is 333. The van der Waals surface area contributed by atoms with Crippen LogP contribution in [0.3, 0.4) is 0 Å². The smallest absolute Gasteiger partial charge is 0.214 e. The molecule has 0 aromatic rings. The molecule has 0 aromatic carbocycles. The predicted molar refractivity (Wildman–Crippen MR) is 69.8 cm³/mol. The van der Waals surface area contributed by atoms with E-state index in [9.17, 15) is 8.42 Å². The van der Waals surface area contributed by atoms with Gasteiger partial charge < -0.3 is 5.73 Å². The second-order valence-electron chi connectivity index (χ2n) is 4.25. The van der Waals surface area contributed by atoms with E-state index in [0.717, 1.165) is 25.7 Å². The molecule has 0 saturated carbocycles. The second-order valence-corrected chi connectivity index (χ2v) is 6.81. The van der Waals surface area contributed by atoms with Gasteiger partial charge in [-0.05, 0) is 19.3 Å². The van der Waals surface area contributed by atoms with Gasteiger partial charge in [0, 0.05) is 19.0 Å². The Hall–Kier alpha value is -0.200. The molecular weight excluding hydrogens is 244 g/mol. The third kappa shape index (κ3) is 3.68. The lowest BCUT2D eigenvalue weighted by molar-refractivity contribution is 0.316. The van der Waals surface area contributed by atoms with Crippen LogP contribution in [-0.2, 0) is 10.0 Å². The average molecular weight is 264 g/mol. The summed E-state index contributed by atoms with van der Waals surface area (Å²) in [7, 11) is -3.05. The first kappa shape index (κ1) is 13.9. The molecule has 0 aliphatic carbocycles. The third-order valence-electron chi connectivity index (χ3n) is 3.01. The van der Waals surface area contributed by atoms with Gasteiger partial charge in [0.1, 0.15) is 0 Å². The van der Waals surface area contributed by atoms with E-state index in [0.29, 0.717) is 18.1 Å². The van der Waals surface area contributed by atoms with Gasteiger partial charge in [-0.25, -0.2) is 12.7 Å². The highest BCUT2D eigenvalue weighted by atomic mass is 32.2. The van der Waals surface area contributed by atoms with Gasteiger partial charge in [-0.3, -0.25) is 0 Å². The average Bonchev–Trinajstić information content (AvgIpc) is 2.26. The second kappa shape index (κ2) is 5.93. The Morgan fingerprint density at radius 2 is 2.00 bits per heavy atom. The van der Waals surface area contributed by atoms with Crippen LogP contribution in [0.2, 0.25) is 0 Å². The molecule has 1 fully saturated rings. The third-order valence-corrected chi connectivity index (χ3v) is 5.30. The van der Waals surface area contributed by atoms with Gasteiger partial charge in [-0.2, -0.15) is 0 Å². The van der Waals surface area contributed by atoms with Crippen LogP contribution in [0.4, 0.5) is 0 Å². The molecule has 0 amide bonds. The van der Waals surface area contributed by atoms with Crippen molar-refractivity contribution in [1.82, 2.24) is 4.31 Å². The van der Waals surface area contributed by atoms with E-state index >= 15 is 0 Å². The van der Waals surface area contributed by atoms with Crippen LogP contribution in [0.25, 0.3) is 0 Å². The highest BCUT2D eigenvalue weighted by Gasteiger charge is 2.28. The van der Waals surface area contributed by atoms with Crippen LogP contribution in [0, 0.1) is 5.92 Å². The number of piperidine rings is 1. The number of nitrogens with zero attached hydrogens (tertiary/aromatic N) is 1. The summed E-state index contributed by atoms with van der Waals surface area (Å²) in [6.45, 7) is 3.12. The van der Waals surface area contributed by atoms with E-state index in [4.69, 9.17) is 18.0 Å². The van der Waals surface area contributed by atoms with Gasteiger partial charge in [0.2, 0.25) is 10.0 Å². The fourth-order valence-corrected chi connectivity index (χ4v) is 3.79. The lowest BCUT2D eigenvalue weighted by atomic mass is 9.98. The highest BCUT2D eigenvalue weighted by molar-refractivity contribution is 7.89. The zero-order valence-electron chi connectivity index (χ0n) is 9.68. The first-order chi connectivity index (χ1) is 7.47. The van der Waals surface area contributed by atoms with E-state index in [-0.39, 0.29) is 11.7 Å². The van der Waals surface area contributed by atoms with Crippen LogP contribution in [0.15, 0.2) is 0 Å². The van der Waals surface area contributed by atoms with Crippen molar-refractivity contribution in [2.24, 2.45) is 11.7 Å². The summed E-state index contributed by atoms with van der Waals surface area (Å²) in [6.07, 6.45) is 3.17. The monoisotopic (exact) mass is 264 g/mol. The SMILES string of the molecule is CCCCS(=O)(=O)N1CCC(C(N)=S)CC1. The van der Waals surface area contributed by atoms with Crippen molar-refractivity contribution in [3.63, 3.8) is 0 Å². The fourth-order valence-electron chi connectivity index (χ4n) is 1.87. The van der Waals surface area contributed by atoms with Gasteiger partial charge in [-0.15, -0.1) is 0 Å². The molecule has 1 aliphatic rings. The Labute approximate surface area is 103 Å². The Morgan fingerprint density at radius 3 is 2.44 bits per heavy atom. The van der Waals surface area contributed by atoms with Crippen molar-refractivity contribution in [3.8, 4) is 0 Å². The number of unbranched alkanes of at least 4 members (excludes halogenated alkanes) is 1. The molecule has 1 heterocycles. The first-order valence-electron chi connectivity index (χ1n) is 5.74. The zero-order valence-corrected chi connectivity index (χ0v) is 11.3. The van der Waals surface area contributed by atoms with Gasteiger partial charge >= 0.3 is 0 Å². The molecule has 2 N–H and O–H groups in total. The van der Waals surface area contributed by atoms with Crippen molar-refractivity contribution in [3.05, 3.63) is 0 Å². The number of rotatable bonds is 5. The molecule has 1 rings (SSSR count). The van der Waals surface area contributed by atoms with Crippen molar-refractivity contribution in [1.29, 1.82) is 0 Å². The normalized spacial score (nSPS) is 19.8. The van der Waals surface area contributed by atoms with Gasteiger partial charge in [-0.1, -0.05) is 25.6 Å². The van der Waals surface area contributed by atoms with Crippen LogP contribution in [0.1, 0.15) is 32.6 Å². The fraction of sp³-hybridized carbons (Fsp3) is 0.900. The molecule has 0 aromatic heterocycles. The summed E-state index contributed by atoms with van der Waals surface area (Å²) in [5, 5.41) is 0. The summed E-state index contributed by atoms with van der Waals surface area (Å²) in [5.41, 5.74) is 5.57. The van der Waals surface area contributed by atoms with E-state index < -0.39 is 10.0 Å². The zero-order chi connectivity index (χ0) is 12.2. The summed E-state index contributed by atoms with van der Waals surface area (Å²) in [5.74, 6) is 0.481. The van der Waals surface area contributed by atoms with Crippen molar-refractivity contribution in [2.45, 2.75) is 32.6 Å². The van der Waals surface area contributed by atoms with Crippen LogP contribution in [-0.4, -0.2) is 36.6 Å². The maximum atomic E-state index is 11.9. The lowest BCUT2D eigenvalue weighted by Crippen LogP contribution is -2.42. The molecule has 94 valence electrons. The molecule has 6 heteroatoms. The van der Waals surface area contributed by atoms with E-state index in [2.05, 4.69) is 0 Å². The van der Waals surface area contributed by atoms with E-state index in [1.165, 1.54) is 0 Å². The number of hydrogen-bond acceptors (Lipinski definition) is 3. The minimum absolute atomic E-state index is 0.215. The Kier molecular flexibility index (Phi) is 5.14. The maximum absolute atomic E-state index is 11.9. The number of thiocarbonyl (C=S) groups is 1. The molecule has 0 spiro atoms. The molecule has 0 radical (unpaired) electrons. The van der Waals surface area contributed by atoms with Crippen molar-refractivity contribution >= 4 is 27.2 Å². The largest absolute Gasteiger partial charge is 0.393 e. The molecule has 4 nitrogen and oxygen atoms in total. The van der Waals surface area contributed by atoms with E-state index in [1.54, 1.807) is 4.31 Å². The Morgan fingerprint density at radius 1 is 1.44 bits per heavy atom. The minimum Gasteiger partial charge on any atom is -0.393 e. The quantitative estimate of drug-likeness (QED) is 0.756. The first-order valence-corrected chi connectivity index (χ1v) is 7.76. The summed E-state index contributed by atoms with van der Waals surface area (Å²) >= 11 is 4.93. The van der Waals surface area contributed by atoms with Gasteiger partial charge in [0.25, 0.3) is 0 Å². The highest BCUT2D eigenvalue weighted by Crippen LogP contribution is 2.20. The Balaban J connectivity index is 2.50. The molecule has 1 saturated heterocycles. The molecule has 0 unspecified atom stereocenters. The summed E-state index contributed by atoms with van der Waals surface area (Å²) < 4.78 is 25.3.